The number of hydrogen-bond donors (Lipinski definition) is 2. The lowest BCUT2D eigenvalue weighted by Gasteiger charge is -2.26. The minimum absolute atomic E-state index is 0.117. The van der Waals surface area contributed by atoms with Crippen molar-refractivity contribution in [3.05, 3.63) is 29.6 Å². The van der Waals surface area contributed by atoms with Gasteiger partial charge in [-0.15, -0.1) is 0 Å². The van der Waals surface area contributed by atoms with Gasteiger partial charge in [0.2, 0.25) is 0 Å². The fourth-order valence-corrected chi connectivity index (χ4v) is 2.00. The summed E-state index contributed by atoms with van der Waals surface area (Å²) >= 11 is 0. The highest BCUT2D eigenvalue weighted by molar-refractivity contribution is 5.26. The van der Waals surface area contributed by atoms with E-state index in [-0.39, 0.29) is 11.6 Å². The minimum atomic E-state index is -0.117. The van der Waals surface area contributed by atoms with Gasteiger partial charge in [0.1, 0.15) is 0 Å². The fourth-order valence-electron chi connectivity index (χ4n) is 2.00. The minimum Gasteiger partial charge on any atom is -0.379 e. The van der Waals surface area contributed by atoms with E-state index in [1.165, 1.54) is 11.1 Å². The smallest absolute Gasteiger partial charge is 0.0623 e. The first kappa shape index (κ1) is 15.1. The van der Waals surface area contributed by atoms with Crippen LogP contribution < -0.4 is 11.3 Å². The Morgan fingerprint density at radius 1 is 1.50 bits per heavy atom. The van der Waals surface area contributed by atoms with Crippen LogP contribution in [-0.4, -0.2) is 17.7 Å². The van der Waals surface area contributed by atoms with E-state index in [0.717, 1.165) is 19.3 Å². The number of rotatable bonds is 7. The number of nitrogens with two attached hydrogens (primary N) is 1. The van der Waals surface area contributed by atoms with E-state index in [1.807, 2.05) is 18.5 Å². The van der Waals surface area contributed by atoms with Gasteiger partial charge >= 0.3 is 0 Å². The molecule has 4 nitrogen and oxygen atoms in total. The molecule has 3 N–H and O–H groups in total. The lowest BCUT2D eigenvalue weighted by Crippen LogP contribution is -2.31. The predicted octanol–water partition coefficient (Wildman–Crippen LogP) is 2.35. The van der Waals surface area contributed by atoms with Crippen molar-refractivity contribution in [2.75, 3.05) is 7.11 Å². The van der Waals surface area contributed by atoms with Gasteiger partial charge in [0.05, 0.1) is 5.60 Å². The zero-order chi connectivity index (χ0) is 13.6. The van der Waals surface area contributed by atoms with E-state index in [9.17, 15) is 0 Å². The maximum Gasteiger partial charge on any atom is 0.0623 e. The second-order valence-corrected chi connectivity index (χ2v) is 5.15. The zero-order valence-electron chi connectivity index (χ0n) is 11.9. The summed E-state index contributed by atoms with van der Waals surface area (Å²) in [5.74, 6) is 5.69. The summed E-state index contributed by atoms with van der Waals surface area (Å²) in [4.78, 5) is 4.16. The molecule has 0 aliphatic rings. The third-order valence-corrected chi connectivity index (χ3v) is 3.49. The molecule has 0 saturated heterocycles. The Balaban J connectivity index is 2.77. The van der Waals surface area contributed by atoms with E-state index in [1.54, 1.807) is 7.11 Å². The average molecular weight is 251 g/mol. The lowest BCUT2D eigenvalue weighted by atomic mass is 9.93. The second-order valence-electron chi connectivity index (χ2n) is 5.15. The van der Waals surface area contributed by atoms with Crippen molar-refractivity contribution in [2.24, 2.45) is 5.84 Å². The number of hydrazine groups is 1. The molecule has 0 radical (unpaired) electrons. The second kappa shape index (κ2) is 6.83. The Kier molecular flexibility index (Phi) is 5.72. The molecule has 1 atom stereocenters. The molecule has 0 fully saturated rings. The van der Waals surface area contributed by atoms with Crippen molar-refractivity contribution >= 4 is 0 Å². The first-order chi connectivity index (χ1) is 8.54. The number of methoxy groups -OCH3 is 1. The van der Waals surface area contributed by atoms with E-state index < -0.39 is 0 Å². The first-order valence-corrected chi connectivity index (χ1v) is 6.48. The van der Waals surface area contributed by atoms with Crippen molar-refractivity contribution in [1.82, 2.24) is 10.4 Å². The van der Waals surface area contributed by atoms with Crippen LogP contribution in [0.2, 0.25) is 0 Å². The molecule has 0 saturated carbocycles. The number of nitrogens with one attached hydrogen (secondary N) is 1. The van der Waals surface area contributed by atoms with Gasteiger partial charge in [-0.3, -0.25) is 16.3 Å². The molecule has 1 unspecified atom stereocenters. The average Bonchev–Trinajstić information content (AvgIpc) is 2.40. The molecule has 1 heterocycles. The molecule has 0 amide bonds. The molecular formula is C14H25N3O. The molecule has 0 aliphatic carbocycles. The summed E-state index contributed by atoms with van der Waals surface area (Å²) < 4.78 is 5.44. The number of hydrogen-bond acceptors (Lipinski definition) is 4. The molecule has 102 valence electrons. The van der Waals surface area contributed by atoms with Crippen LogP contribution in [0.15, 0.2) is 18.5 Å². The van der Waals surface area contributed by atoms with Crippen LogP contribution in [-0.2, 0) is 11.2 Å². The summed E-state index contributed by atoms with van der Waals surface area (Å²) in [6.45, 7) is 6.31. The van der Waals surface area contributed by atoms with Crippen LogP contribution in [0.4, 0.5) is 0 Å². The number of aryl methyl sites for hydroxylation is 1. The highest BCUT2D eigenvalue weighted by Gasteiger charge is 2.20. The molecule has 4 heteroatoms. The van der Waals surface area contributed by atoms with Gasteiger partial charge in [-0.05, 0) is 50.3 Å². The van der Waals surface area contributed by atoms with Gasteiger partial charge in [0.25, 0.3) is 0 Å². The van der Waals surface area contributed by atoms with E-state index in [0.29, 0.717) is 0 Å². The van der Waals surface area contributed by atoms with Gasteiger partial charge in [-0.2, -0.15) is 0 Å². The number of ether oxygens (including phenoxy) is 1. The van der Waals surface area contributed by atoms with Crippen molar-refractivity contribution in [2.45, 2.75) is 51.7 Å². The van der Waals surface area contributed by atoms with Gasteiger partial charge < -0.3 is 4.74 Å². The monoisotopic (exact) mass is 251 g/mol. The predicted molar refractivity (Wildman–Crippen MR) is 74.0 cm³/mol. The Morgan fingerprint density at radius 3 is 2.78 bits per heavy atom. The van der Waals surface area contributed by atoms with Gasteiger partial charge in [-0.1, -0.05) is 6.92 Å². The van der Waals surface area contributed by atoms with E-state index in [4.69, 9.17) is 10.6 Å². The quantitative estimate of drug-likeness (QED) is 0.577. The van der Waals surface area contributed by atoms with E-state index in [2.05, 4.69) is 31.2 Å². The van der Waals surface area contributed by atoms with Gasteiger partial charge in [0.15, 0.2) is 0 Å². The molecule has 18 heavy (non-hydrogen) atoms. The summed E-state index contributed by atoms with van der Waals surface area (Å²) in [7, 11) is 1.74. The number of aromatic nitrogens is 1. The van der Waals surface area contributed by atoms with E-state index >= 15 is 0 Å². The molecule has 0 bridgehead atoms. The number of nitrogens with zero attached hydrogens (tertiary/aromatic N) is 1. The highest BCUT2D eigenvalue weighted by Crippen LogP contribution is 2.25. The molecule has 1 rings (SSSR count). The molecule has 0 aliphatic heterocycles. The van der Waals surface area contributed by atoms with Gasteiger partial charge in [0, 0.05) is 25.5 Å². The summed E-state index contributed by atoms with van der Waals surface area (Å²) in [6, 6.07) is 2.20. The van der Waals surface area contributed by atoms with Crippen LogP contribution >= 0.6 is 0 Å². The molecule has 0 aromatic carbocycles. The third kappa shape index (κ3) is 4.05. The Morgan fingerprint density at radius 2 is 2.22 bits per heavy atom. The van der Waals surface area contributed by atoms with Crippen molar-refractivity contribution in [3.63, 3.8) is 0 Å². The maximum atomic E-state index is 5.69. The zero-order valence-corrected chi connectivity index (χ0v) is 11.9. The molecule has 1 aromatic heterocycles. The molecular weight excluding hydrogens is 226 g/mol. The van der Waals surface area contributed by atoms with Crippen LogP contribution in [0.25, 0.3) is 0 Å². The van der Waals surface area contributed by atoms with Crippen molar-refractivity contribution in [1.29, 1.82) is 0 Å². The lowest BCUT2D eigenvalue weighted by molar-refractivity contribution is 0.0116. The summed E-state index contributed by atoms with van der Waals surface area (Å²) in [5, 5.41) is 0. The van der Waals surface area contributed by atoms with Crippen LogP contribution in [0.3, 0.4) is 0 Å². The van der Waals surface area contributed by atoms with Crippen LogP contribution in [0, 0.1) is 0 Å². The molecule has 0 spiro atoms. The van der Waals surface area contributed by atoms with Crippen molar-refractivity contribution in [3.8, 4) is 0 Å². The summed E-state index contributed by atoms with van der Waals surface area (Å²) in [5.41, 5.74) is 5.27. The Labute approximate surface area is 110 Å². The van der Waals surface area contributed by atoms with Gasteiger partial charge in [-0.25, -0.2) is 0 Å². The highest BCUT2D eigenvalue weighted by atomic mass is 16.5. The largest absolute Gasteiger partial charge is 0.379 e. The standard InChI is InChI=1S/C14H25N3O/c1-5-11-10-16-9-7-12(11)13(17-15)6-8-14(2,3)18-4/h7,9-10,13,17H,5-6,8,15H2,1-4H3. The van der Waals surface area contributed by atoms with Crippen LogP contribution in [0.1, 0.15) is 50.8 Å². The van der Waals surface area contributed by atoms with Crippen molar-refractivity contribution < 1.29 is 4.74 Å². The normalized spacial score (nSPS) is 13.6. The fraction of sp³-hybridized carbons (Fsp3) is 0.643. The summed E-state index contributed by atoms with van der Waals surface area (Å²) in [6.07, 6.45) is 6.59. The third-order valence-electron chi connectivity index (χ3n) is 3.49. The van der Waals surface area contributed by atoms with Crippen LogP contribution in [0.5, 0.6) is 0 Å². The SMILES string of the molecule is CCc1cnccc1C(CCC(C)(C)OC)NN. The maximum absolute atomic E-state index is 5.69. The Hall–Kier alpha value is -0.970. The topological polar surface area (TPSA) is 60.2 Å². The Bertz CT molecular complexity index is 366. The first-order valence-electron chi connectivity index (χ1n) is 6.48. The number of pyridine rings is 1. The molecule has 1 aromatic rings.